The number of carboxylic acids is 1. The van der Waals surface area contributed by atoms with Gasteiger partial charge in [0.1, 0.15) is 17.1 Å². The lowest BCUT2D eigenvalue weighted by Gasteiger charge is -2.11. The quantitative estimate of drug-likeness (QED) is 0.861. The third-order valence-corrected chi connectivity index (χ3v) is 1.98. The molecule has 0 saturated heterocycles. The van der Waals surface area contributed by atoms with Gasteiger partial charge in [-0.1, -0.05) is 12.1 Å². The van der Waals surface area contributed by atoms with Crippen molar-refractivity contribution < 1.29 is 28.2 Å². The van der Waals surface area contributed by atoms with E-state index < -0.39 is 23.9 Å². The molecule has 1 N–H and O–H groups in total. The number of carbonyl (C=O) groups excluding carboxylic acids is 1. The van der Waals surface area contributed by atoms with Gasteiger partial charge in [0, 0.05) is 6.42 Å². The predicted molar refractivity (Wildman–Crippen MR) is 54.4 cm³/mol. The van der Waals surface area contributed by atoms with Crippen LogP contribution < -0.4 is 4.74 Å². The fourth-order valence-corrected chi connectivity index (χ4v) is 1.43. The summed E-state index contributed by atoms with van der Waals surface area (Å²) in [4.78, 5) is 21.9. The van der Waals surface area contributed by atoms with Crippen molar-refractivity contribution >= 4 is 11.8 Å². The van der Waals surface area contributed by atoms with Gasteiger partial charge in [-0.2, -0.15) is 8.78 Å². The van der Waals surface area contributed by atoms with E-state index in [0.29, 0.717) is 0 Å². The normalized spacial score (nSPS) is 10.4. The first kappa shape index (κ1) is 13.1. The second kappa shape index (κ2) is 5.38. The molecular weight excluding hydrogens is 234 g/mol. The first-order valence-corrected chi connectivity index (χ1v) is 4.71. The van der Waals surface area contributed by atoms with E-state index in [1.165, 1.54) is 19.1 Å². The highest BCUT2D eigenvalue weighted by molar-refractivity contribution is 5.94. The standard InChI is InChI=1S/C11H10F2O4/c1-6(14)5-7-3-2-4-8(17-11(12)13)9(7)10(15)16/h2-4,11H,5H2,1H3,(H,15,16). The molecule has 0 heterocycles. The molecule has 0 bridgehead atoms. The topological polar surface area (TPSA) is 63.6 Å². The van der Waals surface area contributed by atoms with E-state index in [2.05, 4.69) is 4.74 Å². The molecule has 0 unspecified atom stereocenters. The van der Waals surface area contributed by atoms with Crippen LogP contribution >= 0.6 is 0 Å². The van der Waals surface area contributed by atoms with Crippen LogP contribution in [0.4, 0.5) is 8.78 Å². The van der Waals surface area contributed by atoms with E-state index in [0.717, 1.165) is 6.07 Å². The number of benzene rings is 1. The Morgan fingerprint density at radius 3 is 2.53 bits per heavy atom. The van der Waals surface area contributed by atoms with E-state index in [1.54, 1.807) is 0 Å². The third kappa shape index (κ3) is 3.51. The van der Waals surface area contributed by atoms with Crippen molar-refractivity contribution in [3.63, 3.8) is 0 Å². The lowest BCUT2D eigenvalue weighted by Crippen LogP contribution is -2.11. The van der Waals surface area contributed by atoms with Crippen molar-refractivity contribution in [1.29, 1.82) is 0 Å². The van der Waals surface area contributed by atoms with Gasteiger partial charge >= 0.3 is 12.6 Å². The van der Waals surface area contributed by atoms with Crippen molar-refractivity contribution in [2.45, 2.75) is 20.0 Å². The van der Waals surface area contributed by atoms with Gasteiger partial charge in [-0.25, -0.2) is 4.79 Å². The lowest BCUT2D eigenvalue weighted by molar-refractivity contribution is -0.116. The minimum atomic E-state index is -3.11. The van der Waals surface area contributed by atoms with Gasteiger partial charge in [0.25, 0.3) is 0 Å². The minimum Gasteiger partial charge on any atom is -0.478 e. The second-order valence-electron chi connectivity index (χ2n) is 3.35. The summed E-state index contributed by atoms with van der Waals surface area (Å²) in [6, 6.07) is 3.88. The Bertz CT molecular complexity index is 443. The van der Waals surface area contributed by atoms with Gasteiger partial charge < -0.3 is 9.84 Å². The molecule has 6 heteroatoms. The molecule has 92 valence electrons. The van der Waals surface area contributed by atoms with Crippen LogP contribution in [0.15, 0.2) is 18.2 Å². The van der Waals surface area contributed by atoms with Gasteiger partial charge in [-0.3, -0.25) is 4.79 Å². The summed E-state index contributed by atoms with van der Waals surface area (Å²) in [5.74, 6) is -2.11. The fraction of sp³-hybridized carbons (Fsp3) is 0.273. The fourth-order valence-electron chi connectivity index (χ4n) is 1.43. The summed E-state index contributed by atoms with van der Waals surface area (Å²) < 4.78 is 28.3. The van der Waals surface area contributed by atoms with E-state index in [9.17, 15) is 18.4 Å². The van der Waals surface area contributed by atoms with Gasteiger partial charge in [0.2, 0.25) is 0 Å². The Hall–Kier alpha value is -1.98. The van der Waals surface area contributed by atoms with Gasteiger partial charge in [-0.15, -0.1) is 0 Å². The lowest BCUT2D eigenvalue weighted by atomic mass is 10.0. The van der Waals surface area contributed by atoms with E-state index >= 15 is 0 Å². The highest BCUT2D eigenvalue weighted by atomic mass is 19.3. The molecule has 0 radical (unpaired) electrons. The Morgan fingerprint density at radius 2 is 2.06 bits per heavy atom. The zero-order chi connectivity index (χ0) is 13.0. The maximum absolute atomic E-state index is 12.1. The van der Waals surface area contributed by atoms with Crippen molar-refractivity contribution in [2.24, 2.45) is 0 Å². The van der Waals surface area contributed by atoms with Crippen LogP contribution in [0.25, 0.3) is 0 Å². The van der Waals surface area contributed by atoms with E-state index in [1.807, 2.05) is 0 Å². The number of hydrogen-bond acceptors (Lipinski definition) is 3. The molecule has 0 aliphatic carbocycles. The summed E-state index contributed by atoms with van der Waals surface area (Å²) in [7, 11) is 0. The van der Waals surface area contributed by atoms with Crippen molar-refractivity contribution in [3.8, 4) is 5.75 Å². The summed E-state index contributed by atoms with van der Waals surface area (Å²) in [5.41, 5.74) is -0.244. The first-order chi connectivity index (χ1) is 7.91. The molecule has 1 aromatic rings. The van der Waals surface area contributed by atoms with E-state index in [-0.39, 0.29) is 17.8 Å². The molecule has 0 atom stereocenters. The number of halogens is 2. The van der Waals surface area contributed by atoms with Crippen LogP contribution in [0.3, 0.4) is 0 Å². The summed E-state index contributed by atoms with van der Waals surface area (Å²) in [6.07, 6.45) is -0.137. The Kier molecular flexibility index (Phi) is 4.14. The molecule has 0 aliphatic rings. The molecule has 0 fully saturated rings. The van der Waals surface area contributed by atoms with Crippen LogP contribution in [0.5, 0.6) is 5.75 Å². The number of carboxylic acid groups (broad SMARTS) is 1. The Balaban J connectivity index is 3.21. The number of ketones is 1. The van der Waals surface area contributed by atoms with Gasteiger partial charge in [-0.05, 0) is 18.6 Å². The van der Waals surface area contributed by atoms with Gasteiger partial charge in [0.05, 0.1) is 0 Å². The van der Waals surface area contributed by atoms with Crippen LogP contribution in [-0.2, 0) is 11.2 Å². The number of ether oxygens (including phenoxy) is 1. The van der Waals surface area contributed by atoms with Crippen LogP contribution in [0.2, 0.25) is 0 Å². The van der Waals surface area contributed by atoms with Crippen molar-refractivity contribution in [2.75, 3.05) is 0 Å². The zero-order valence-corrected chi connectivity index (χ0v) is 8.94. The van der Waals surface area contributed by atoms with Crippen LogP contribution in [0.1, 0.15) is 22.8 Å². The zero-order valence-electron chi connectivity index (χ0n) is 8.94. The third-order valence-electron chi connectivity index (χ3n) is 1.98. The van der Waals surface area contributed by atoms with Crippen molar-refractivity contribution in [3.05, 3.63) is 29.3 Å². The Morgan fingerprint density at radius 1 is 1.41 bits per heavy atom. The number of Topliss-reactive ketones (excluding diaryl/α,β-unsaturated/α-hetero) is 1. The molecule has 1 rings (SSSR count). The highest BCUT2D eigenvalue weighted by Crippen LogP contribution is 2.24. The van der Waals surface area contributed by atoms with Gasteiger partial charge in [0.15, 0.2) is 0 Å². The molecule has 4 nitrogen and oxygen atoms in total. The molecular formula is C11H10F2O4. The highest BCUT2D eigenvalue weighted by Gasteiger charge is 2.19. The van der Waals surface area contributed by atoms with Crippen LogP contribution in [0, 0.1) is 0 Å². The Labute approximate surface area is 95.8 Å². The number of aromatic carboxylic acids is 1. The smallest absolute Gasteiger partial charge is 0.387 e. The molecule has 0 aliphatic heterocycles. The van der Waals surface area contributed by atoms with E-state index in [4.69, 9.17) is 5.11 Å². The average molecular weight is 244 g/mol. The van der Waals surface area contributed by atoms with Crippen molar-refractivity contribution in [1.82, 2.24) is 0 Å². The molecule has 17 heavy (non-hydrogen) atoms. The largest absolute Gasteiger partial charge is 0.478 e. The maximum Gasteiger partial charge on any atom is 0.387 e. The maximum atomic E-state index is 12.1. The first-order valence-electron chi connectivity index (χ1n) is 4.71. The minimum absolute atomic E-state index is 0.137. The summed E-state index contributed by atoms with van der Waals surface area (Å²) in [5, 5.41) is 8.94. The summed E-state index contributed by atoms with van der Waals surface area (Å²) >= 11 is 0. The molecule has 0 aromatic heterocycles. The van der Waals surface area contributed by atoms with Crippen LogP contribution in [-0.4, -0.2) is 23.5 Å². The molecule has 0 saturated carbocycles. The SMILES string of the molecule is CC(=O)Cc1cccc(OC(F)F)c1C(=O)O. The average Bonchev–Trinajstić information content (AvgIpc) is 2.14. The second-order valence-corrected chi connectivity index (χ2v) is 3.35. The molecule has 0 amide bonds. The molecule has 1 aromatic carbocycles. The number of alkyl halides is 2. The number of carbonyl (C=O) groups is 2. The predicted octanol–water partition coefficient (Wildman–Crippen LogP) is 2.12. The number of rotatable bonds is 5. The monoisotopic (exact) mass is 244 g/mol. The number of hydrogen-bond donors (Lipinski definition) is 1. The summed E-state index contributed by atoms with van der Waals surface area (Å²) in [6.45, 7) is -1.83. The molecule has 0 spiro atoms.